The largest absolute Gasteiger partial charge is 0.396 e. The maximum absolute atomic E-state index is 12.0. The first-order chi connectivity index (χ1) is 8.72. The summed E-state index contributed by atoms with van der Waals surface area (Å²) in [6, 6.07) is 9.13. The standard InChI is InChI=1S/C14H16N2O2/c15-8-12-3-1-11(2-4-12)7-14(18)16-6-5-13(9-16)10-17/h1-4,13,17H,5-7,9-10H2. The molecule has 2 rings (SSSR count). The number of amides is 1. The van der Waals surface area contributed by atoms with E-state index in [2.05, 4.69) is 6.07 Å². The summed E-state index contributed by atoms with van der Waals surface area (Å²) in [6.07, 6.45) is 1.25. The highest BCUT2D eigenvalue weighted by molar-refractivity contribution is 5.79. The zero-order valence-electron chi connectivity index (χ0n) is 10.2. The fourth-order valence-electron chi connectivity index (χ4n) is 2.19. The molecule has 1 unspecified atom stereocenters. The van der Waals surface area contributed by atoms with Crippen LogP contribution in [0.5, 0.6) is 0 Å². The van der Waals surface area contributed by atoms with E-state index in [1.54, 1.807) is 17.0 Å². The molecule has 0 aromatic heterocycles. The van der Waals surface area contributed by atoms with E-state index in [-0.39, 0.29) is 18.4 Å². The SMILES string of the molecule is N#Cc1ccc(CC(=O)N2CCC(CO)C2)cc1. The molecule has 1 aromatic rings. The van der Waals surface area contributed by atoms with Crippen LogP contribution in [0.15, 0.2) is 24.3 Å². The lowest BCUT2D eigenvalue weighted by molar-refractivity contribution is -0.129. The number of likely N-dealkylation sites (tertiary alicyclic amines) is 1. The Morgan fingerprint density at radius 3 is 2.72 bits per heavy atom. The Bertz CT molecular complexity index is 462. The highest BCUT2D eigenvalue weighted by Gasteiger charge is 2.25. The van der Waals surface area contributed by atoms with E-state index in [4.69, 9.17) is 10.4 Å². The lowest BCUT2D eigenvalue weighted by Gasteiger charge is -2.16. The number of rotatable bonds is 3. The van der Waals surface area contributed by atoms with E-state index in [0.29, 0.717) is 18.5 Å². The van der Waals surface area contributed by atoms with Gasteiger partial charge in [-0.15, -0.1) is 0 Å². The van der Waals surface area contributed by atoms with Crippen LogP contribution in [0.3, 0.4) is 0 Å². The number of aliphatic hydroxyl groups excluding tert-OH is 1. The number of carbonyl (C=O) groups is 1. The molecule has 1 aromatic carbocycles. The van der Waals surface area contributed by atoms with Gasteiger partial charge in [0.1, 0.15) is 0 Å². The molecule has 1 fully saturated rings. The molecule has 1 atom stereocenters. The van der Waals surface area contributed by atoms with E-state index in [9.17, 15) is 4.79 Å². The molecule has 4 heteroatoms. The van der Waals surface area contributed by atoms with Crippen LogP contribution in [0.4, 0.5) is 0 Å². The number of carbonyl (C=O) groups excluding carboxylic acids is 1. The Labute approximate surface area is 106 Å². The van der Waals surface area contributed by atoms with Gasteiger partial charge in [-0.25, -0.2) is 0 Å². The van der Waals surface area contributed by atoms with Crippen molar-refractivity contribution in [3.8, 4) is 6.07 Å². The zero-order valence-corrected chi connectivity index (χ0v) is 10.2. The number of nitriles is 1. The van der Waals surface area contributed by atoms with Crippen molar-refractivity contribution >= 4 is 5.91 Å². The average molecular weight is 244 g/mol. The van der Waals surface area contributed by atoms with E-state index >= 15 is 0 Å². The predicted octanol–water partition coefficient (Wildman–Crippen LogP) is 0.942. The normalized spacial score (nSPS) is 18.7. The Balaban J connectivity index is 1.93. The van der Waals surface area contributed by atoms with Gasteiger partial charge in [0.15, 0.2) is 0 Å². The zero-order chi connectivity index (χ0) is 13.0. The van der Waals surface area contributed by atoms with Crippen LogP contribution in [-0.4, -0.2) is 35.6 Å². The van der Waals surface area contributed by atoms with Crippen molar-refractivity contribution in [2.24, 2.45) is 5.92 Å². The first-order valence-electron chi connectivity index (χ1n) is 6.10. The van der Waals surface area contributed by atoms with Gasteiger partial charge in [-0.2, -0.15) is 5.26 Å². The summed E-state index contributed by atoms with van der Waals surface area (Å²) < 4.78 is 0. The Hall–Kier alpha value is -1.86. The highest BCUT2D eigenvalue weighted by Crippen LogP contribution is 2.16. The molecule has 1 amide bonds. The summed E-state index contributed by atoms with van der Waals surface area (Å²) in [5.74, 6) is 0.325. The van der Waals surface area contributed by atoms with Crippen molar-refractivity contribution in [1.29, 1.82) is 5.26 Å². The molecule has 1 saturated heterocycles. The van der Waals surface area contributed by atoms with Crippen molar-refractivity contribution in [3.63, 3.8) is 0 Å². The van der Waals surface area contributed by atoms with Gasteiger partial charge in [-0.3, -0.25) is 4.79 Å². The average Bonchev–Trinajstić information content (AvgIpc) is 2.88. The molecule has 0 radical (unpaired) electrons. The van der Waals surface area contributed by atoms with Crippen molar-refractivity contribution in [2.75, 3.05) is 19.7 Å². The molecule has 0 aliphatic carbocycles. The molecule has 1 aliphatic rings. The summed E-state index contributed by atoms with van der Waals surface area (Å²) in [5, 5.41) is 17.7. The summed E-state index contributed by atoms with van der Waals surface area (Å²) in [5.41, 5.74) is 1.53. The molecular weight excluding hydrogens is 228 g/mol. The topological polar surface area (TPSA) is 64.3 Å². The van der Waals surface area contributed by atoms with Crippen molar-refractivity contribution in [3.05, 3.63) is 35.4 Å². The van der Waals surface area contributed by atoms with Gasteiger partial charge in [0, 0.05) is 25.6 Å². The van der Waals surface area contributed by atoms with E-state index < -0.39 is 0 Å². The van der Waals surface area contributed by atoms with E-state index in [0.717, 1.165) is 18.5 Å². The third-order valence-electron chi connectivity index (χ3n) is 3.34. The second-order valence-electron chi connectivity index (χ2n) is 4.66. The summed E-state index contributed by atoms with van der Waals surface area (Å²) >= 11 is 0. The van der Waals surface area contributed by atoms with Crippen LogP contribution in [0, 0.1) is 17.2 Å². The Morgan fingerprint density at radius 2 is 2.17 bits per heavy atom. The monoisotopic (exact) mass is 244 g/mol. The first-order valence-corrected chi connectivity index (χ1v) is 6.10. The van der Waals surface area contributed by atoms with Crippen LogP contribution in [-0.2, 0) is 11.2 Å². The molecule has 18 heavy (non-hydrogen) atoms. The van der Waals surface area contributed by atoms with E-state index in [1.807, 2.05) is 12.1 Å². The summed E-state index contributed by atoms with van der Waals surface area (Å²) in [4.78, 5) is 13.8. The number of benzene rings is 1. The third kappa shape index (κ3) is 2.88. The number of aliphatic hydroxyl groups is 1. The number of nitrogens with zero attached hydrogens (tertiary/aromatic N) is 2. The van der Waals surface area contributed by atoms with Crippen molar-refractivity contribution in [2.45, 2.75) is 12.8 Å². The van der Waals surface area contributed by atoms with Gasteiger partial charge < -0.3 is 10.0 Å². The Kier molecular flexibility index (Phi) is 3.96. The number of hydrogen-bond donors (Lipinski definition) is 1. The Morgan fingerprint density at radius 1 is 1.44 bits per heavy atom. The van der Waals surface area contributed by atoms with Crippen LogP contribution < -0.4 is 0 Å². The smallest absolute Gasteiger partial charge is 0.227 e. The van der Waals surface area contributed by atoms with Gasteiger partial charge in [0.25, 0.3) is 0 Å². The first kappa shape index (κ1) is 12.6. The minimum absolute atomic E-state index is 0.0932. The van der Waals surface area contributed by atoms with Crippen molar-refractivity contribution in [1.82, 2.24) is 4.90 Å². The van der Waals surface area contributed by atoms with Gasteiger partial charge >= 0.3 is 0 Å². The molecule has 0 spiro atoms. The van der Waals surface area contributed by atoms with E-state index in [1.165, 1.54) is 0 Å². The summed E-state index contributed by atoms with van der Waals surface area (Å²) in [7, 11) is 0. The van der Waals surface area contributed by atoms with Gasteiger partial charge in [-0.05, 0) is 24.1 Å². The molecule has 0 saturated carbocycles. The molecule has 1 heterocycles. The third-order valence-corrected chi connectivity index (χ3v) is 3.34. The fourth-order valence-corrected chi connectivity index (χ4v) is 2.19. The lowest BCUT2D eigenvalue weighted by Crippen LogP contribution is -2.30. The molecule has 1 aliphatic heterocycles. The second-order valence-corrected chi connectivity index (χ2v) is 4.66. The van der Waals surface area contributed by atoms with Gasteiger partial charge in [-0.1, -0.05) is 12.1 Å². The maximum atomic E-state index is 12.0. The van der Waals surface area contributed by atoms with Crippen LogP contribution >= 0.6 is 0 Å². The quantitative estimate of drug-likeness (QED) is 0.860. The molecule has 0 bridgehead atoms. The molecule has 94 valence electrons. The minimum atomic E-state index is 0.0932. The highest BCUT2D eigenvalue weighted by atomic mass is 16.3. The maximum Gasteiger partial charge on any atom is 0.227 e. The van der Waals surface area contributed by atoms with Crippen LogP contribution in [0.1, 0.15) is 17.5 Å². The fraction of sp³-hybridized carbons (Fsp3) is 0.429. The predicted molar refractivity (Wildman–Crippen MR) is 66.6 cm³/mol. The second kappa shape index (κ2) is 5.65. The van der Waals surface area contributed by atoms with Crippen molar-refractivity contribution < 1.29 is 9.90 Å². The lowest BCUT2D eigenvalue weighted by atomic mass is 10.1. The van der Waals surface area contributed by atoms with Gasteiger partial charge in [0.2, 0.25) is 5.91 Å². The summed E-state index contributed by atoms with van der Waals surface area (Å²) in [6.45, 7) is 1.55. The molecular formula is C14H16N2O2. The van der Waals surface area contributed by atoms with Crippen LogP contribution in [0.2, 0.25) is 0 Å². The minimum Gasteiger partial charge on any atom is -0.396 e. The molecule has 4 nitrogen and oxygen atoms in total. The molecule has 1 N–H and O–H groups in total. The number of hydrogen-bond acceptors (Lipinski definition) is 3. The van der Waals surface area contributed by atoms with Gasteiger partial charge in [0.05, 0.1) is 18.1 Å². The van der Waals surface area contributed by atoms with Crippen LogP contribution in [0.25, 0.3) is 0 Å².